The normalized spacial score (nSPS) is 23.9. The minimum absolute atomic E-state index is 0.0187. The number of rotatable bonds is 5. The highest BCUT2D eigenvalue weighted by molar-refractivity contribution is 5.86. The lowest BCUT2D eigenvalue weighted by molar-refractivity contribution is -0.151. The summed E-state index contributed by atoms with van der Waals surface area (Å²) in [4.78, 5) is 32.4. The van der Waals surface area contributed by atoms with Gasteiger partial charge in [-0.2, -0.15) is 0 Å². The maximum absolute atomic E-state index is 12.2. The zero-order valence-corrected chi connectivity index (χ0v) is 17.4. The number of hydrogen-bond donors (Lipinski definition) is 2. The number of imidazole rings is 1. The van der Waals surface area contributed by atoms with Gasteiger partial charge in [0.05, 0.1) is 5.41 Å². The number of nitrogen functional groups attached to an aromatic ring is 1. The van der Waals surface area contributed by atoms with Crippen molar-refractivity contribution < 1.29 is 14.7 Å². The van der Waals surface area contributed by atoms with E-state index in [4.69, 9.17) is 10.7 Å². The molecule has 0 aliphatic heterocycles. The summed E-state index contributed by atoms with van der Waals surface area (Å²) in [5.74, 6) is 0.434. The Kier molecular flexibility index (Phi) is 4.64. The van der Waals surface area contributed by atoms with Crippen molar-refractivity contribution in [1.29, 1.82) is 0 Å². The molecule has 1 aromatic carbocycles. The van der Waals surface area contributed by atoms with E-state index in [1.54, 1.807) is 18.3 Å². The number of benzene rings is 1. The van der Waals surface area contributed by atoms with E-state index in [0.29, 0.717) is 35.4 Å². The molecular weight excluding hydrogens is 380 g/mol. The van der Waals surface area contributed by atoms with E-state index in [-0.39, 0.29) is 5.92 Å². The van der Waals surface area contributed by atoms with Crippen LogP contribution in [0.1, 0.15) is 56.2 Å². The molecule has 3 aromatic rings. The Morgan fingerprint density at radius 3 is 2.53 bits per heavy atom. The first-order chi connectivity index (χ1) is 14.2. The molecule has 2 unspecified atom stereocenters. The summed E-state index contributed by atoms with van der Waals surface area (Å²) in [5.41, 5.74) is 7.84. The fourth-order valence-electron chi connectivity index (χ4n) is 4.90. The van der Waals surface area contributed by atoms with Gasteiger partial charge in [0.15, 0.2) is 0 Å². The number of hydrogen-bond acceptors (Lipinski definition) is 5. The highest BCUT2D eigenvalue weighted by Crippen LogP contribution is 2.54. The fraction of sp³-hybridized carbons (Fsp3) is 0.391. The zero-order valence-electron chi connectivity index (χ0n) is 17.4. The highest BCUT2D eigenvalue weighted by Gasteiger charge is 2.54. The molecule has 1 aliphatic rings. The van der Waals surface area contributed by atoms with Gasteiger partial charge in [0, 0.05) is 28.9 Å². The van der Waals surface area contributed by atoms with Crippen LogP contribution in [0.25, 0.3) is 16.8 Å². The molecule has 1 aliphatic carbocycles. The fourth-order valence-corrected chi connectivity index (χ4v) is 4.90. The SMILES string of the molecule is CC(C)C1(C(=O)O)CCC(C)(c2nc(-c3ccc(C=O)cc3)c3c(N)nccn23)C1. The van der Waals surface area contributed by atoms with Gasteiger partial charge in [-0.3, -0.25) is 14.0 Å². The van der Waals surface area contributed by atoms with Crippen LogP contribution in [0.15, 0.2) is 36.7 Å². The van der Waals surface area contributed by atoms with Gasteiger partial charge in [-0.05, 0) is 25.2 Å². The van der Waals surface area contributed by atoms with Crippen LogP contribution in [0.5, 0.6) is 0 Å². The van der Waals surface area contributed by atoms with Crippen molar-refractivity contribution >= 4 is 23.6 Å². The molecular formula is C23H26N4O3. The standard InChI is InChI=1S/C23H26N4O3/c1-14(2)23(21(29)30)9-8-22(3,13-23)20-26-17(16-6-4-15(12-28)5-7-16)18-19(24)25-10-11-27(18)20/h4-7,10-12,14H,8-9,13H2,1-3H3,(H2,24,25)(H,29,30). The first kappa shape index (κ1) is 20.1. The number of aromatic nitrogens is 3. The molecule has 0 bridgehead atoms. The van der Waals surface area contributed by atoms with E-state index in [0.717, 1.165) is 24.1 Å². The maximum atomic E-state index is 12.2. The average molecular weight is 406 g/mol. The average Bonchev–Trinajstić information content (AvgIpc) is 3.29. The van der Waals surface area contributed by atoms with Crippen LogP contribution in [0, 0.1) is 11.3 Å². The van der Waals surface area contributed by atoms with E-state index in [9.17, 15) is 14.7 Å². The Morgan fingerprint density at radius 1 is 1.27 bits per heavy atom. The number of carboxylic acid groups (broad SMARTS) is 1. The molecule has 156 valence electrons. The number of carboxylic acids is 1. The predicted molar refractivity (Wildman–Crippen MR) is 114 cm³/mol. The molecule has 2 aromatic heterocycles. The number of aliphatic carboxylic acids is 1. The third kappa shape index (κ3) is 2.88. The third-order valence-corrected chi connectivity index (χ3v) is 6.80. The van der Waals surface area contributed by atoms with Crippen molar-refractivity contribution in [2.24, 2.45) is 11.3 Å². The van der Waals surface area contributed by atoms with Gasteiger partial charge in [-0.25, -0.2) is 9.97 Å². The Hall–Kier alpha value is -3.22. The molecule has 0 amide bonds. The molecule has 3 N–H and O–H groups in total. The molecule has 0 radical (unpaired) electrons. The van der Waals surface area contributed by atoms with Crippen molar-refractivity contribution in [3.63, 3.8) is 0 Å². The molecule has 7 nitrogen and oxygen atoms in total. The van der Waals surface area contributed by atoms with Crippen molar-refractivity contribution in [1.82, 2.24) is 14.4 Å². The summed E-state index contributed by atoms with van der Waals surface area (Å²) in [5, 5.41) is 10.0. The van der Waals surface area contributed by atoms with Crippen LogP contribution in [-0.4, -0.2) is 31.7 Å². The molecule has 2 atom stereocenters. The van der Waals surface area contributed by atoms with Crippen molar-refractivity contribution in [2.45, 2.75) is 45.4 Å². The van der Waals surface area contributed by atoms with Gasteiger partial charge in [-0.1, -0.05) is 45.0 Å². The lowest BCUT2D eigenvalue weighted by Gasteiger charge is -2.31. The Labute approximate surface area is 175 Å². The third-order valence-electron chi connectivity index (χ3n) is 6.80. The van der Waals surface area contributed by atoms with E-state index < -0.39 is 16.8 Å². The zero-order chi connectivity index (χ0) is 21.7. The molecule has 0 saturated heterocycles. The second-order valence-electron chi connectivity index (χ2n) is 8.91. The molecule has 30 heavy (non-hydrogen) atoms. The summed E-state index contributed by atoms with van der Waals surface area (Å²) < 4.78 is 1.95. The van der Waals surface area contributed by atoms with Crippen LogP contribution in [-0.2, 0) is 10.2 Å². The van der Waals surface area contributed by atoms with Crippen LogP contribution in [0.2, 0.25) is 0 Å². The van der Waals surface area contributed by atoms with Gasteiger partial charge < -0.3 is 10.8 Å². The Morgan fingerprint density at radius 2 is 1.97 bits per heavy atom. The summed E-state index contributed by atoms with van der Waals surface area (Å²) in [6, 6.07) is 7.17. The van der Waals surface area contributed by atoms with Crippen LogP contribution in [0.4, 0.5) is 5.82 Å². The first-order valence-electron chi connectivity index (χ1n) is 10.1. The molecule has 1 fully saturated rings. The van der Waals surface area contributed by atoms with Crippen LogP contribution >= 0.6 is 0 Å². The van der Waals surface area contributed by atoms with E-state index >= 15 is 0 Å². The minimum Gasteiger partial charge on any atom is -0.481 e. The molecule has 0 spiro atoms. The number of nitrogens with two attached hydrogens (primary N) is 1. The van der Waals surface area contributed by atoms with Crippen LogP contribution in [0.3, 0.4) is 0 Å². The number of anilines is 1. The highest BCUT2D eigenvalue weighted by atomic mass is 16.4. The number of carbonyl (C=O) groups excluding carboxylic acids is 1. The van der Waals surface area contributed by atoms with E-state index in [1.165, 1.54) is 0 Å². The number of nitrogens with zero attached hydrogens (tertiary/aromatic N) is 3. The summed E-state index contributed by atoms with van der Waals surface area (Å²) in [7, 11) is 0. The second kappa shape index (κ2) is 6.93. The van der Waals surface area contributed by atoms with E-state index in [2.05, 4.69) is 11.9 Å². The molecule has 7 heteroatoms. The molecule has 2 heterocycles. The number of aldehydes is 1. The predicted octanol–water partition coefficient (Wildman–Crippen LogP) is 3.96. The smallest absolute Gasteiger partial charge is 0.309 e. The minimum atomic E-state index is -0.773. The maximum Gasteiger partial charge on any atom is 0.309 e. The first-order valence-corrected chi connectivity index (χ1v) is 10.1. The quantitative estimate of drug-likeness (QED) is 0.621. The lowest BCUT2D eigenvalue weighted by atomic mass is 9.73. The summed E-state index contributed by atoms with van der Waals surface area (Å²) in [6.45, 7) is 6.04. The van der Waals surface area contributed by atoms with Gasteiger partial charge in [0.25, 0.3) is 0 Å². The van der Waals surface area contributed by atoms with Crippen molar-refractivity contribution in [3.8, 4) is 11.3 Å². The Balaban J connectivity index is 1.89. The second-order valence-corrected chi connectivity index (χ2v) is 8.91. The number of carbonyl (C=O) groups is 2. The summed E-state index contributed by atoms with van der Waals surface area (Å²) >= 11 is 0. The van der Waals surface area contributed by atoms with Gasteiger partial charge in [-0.15, -0.1) is 0 Å². The van der Waals surface area contributed by atoms with Gasteiger partial charge in [0.2, 0.25) is 0 Å². The van der Waals surface area contributed by atoms with E-state index in [1.807, 2.05) is 36.6 Å². The lowest BCUT2D eigenvalue weighted by Crippen LogP contribution is -2.36. The van der Waals surface area contributed by atoms with Crippen molar-refractivity contribution in [3.05, 3.63) is 48.0 Å². The molecule has 4 rings (SSSR count). The Bertz CT molecular complexity index is 1140. The monoisotopic (exact) mass is 406 g/mol. The summed E-state index contributed by atoms with van der Waals surface area (Å²) in [6.07, 6.45) is 6.11. The molecule has 1 saturated carbocycles. The number of fused-ring (bicyclic) bond motifs is 1. The van der Waals surface area contributed by atoms with Crippen molar-refractivity contribution in [2.75, 3.05) is 5.73 Å². The van der Waals surface area contributed by atoms with Crippen LogP contribution < -0.4 is 5.73 Å². The topological polar surface area (TPSA) is 111 Å². The van der Waals surface area contributed by atoms with Gasteiger partial charge >= 0.3 is 5.97 Å². The van der Waals surface area contributed by atoms with Gasteiger partial charge in [0.1, 0.15) is 29.1 Å². The largest absolute Gasteiger partial charge is 0.481 e.